The zero-order valence-electron chi connectivity index (χ0n) is 19.6. The van der Waals surface area contributed by atoms with Crippen molar-refractivity contribution in [3.63, 3.8) is 0 Å². The summed E-state index contributed by atoms with van der Waals surface area (Å²) in [5, 5.41) is 20.3. The zero-order chi connectivity index (χ0) is 25.7. The van der Waals surface area contributed by atoms with Gasteiger partial charge in [0.1, 0.15) is 29.4 Å². The van der Waals surface area contributed by atoms with Crippen molar-refractivity contribution in [2.75, 3.05) is 32.8 Å². The molecule has 1 aromatic carbocycles. The molecule has 3 unspecified atom stereocenters. The first-order valence-corrected chi connectivity index (χ1v) is 12.2. The minimum atomic E-state index is -0.878. The summed E-state index contributed by atoms with van der Waals surface area (Å²) in [6.07, 6.45) is 3.93. The number of aromatic nitrogens is 6. The van der Waals surface area contributed by atoms with Crippen LogP contribution in [0.15, 0.2) is 24.7 Å². The summed E-state index contributed by atoms with van der Waals surface area (Å²) in [6, 6.07) is 4.57. The number of morpholine rings is 1. The molecule has 4 heterocycles. The molecule has 3 aliphatic rings. The van der Waals surface area contributed by atoms with E-state index < -0.39 is 17.6 Å². The Kier molecular flexibility index (Phi) is 5.84. The monoisotopic (exact) mass is 524 g/mol. The quantitative estimate of drug-likeness (QED) is 0.518. The number of ether oxygens (including phenoxy) is 1. The molecular weight excluding hydrogens is 503 g/mol. The summed E-state index contributed by atoms with van der Waals surface area (Å²) in [5.41, 5.74) is 7.83. The Labute approximate surface area is 215 Å². The van der Waals surface area contributed by atoms with Crippen LogP contribution < -0.4 is 5.73 Å². The number of carbonyl (C=O) groups is 1. The van der Waals surface area contributed by atoms with Crippen LogP contribution in [0.1, 0.15) is 40.8 Å². The van der Waals surface area contributed by atoms with Crippen LogP contribution in [0.25, 0.3) is 5.95 Å². The van der Waals surface area contributed by atoms with E-state index in [1.807, 2.05) is 0 Å². The smallest absolute Gasteiger partial charge is 0.253 e. The second-order valence-electron chi connectivity index (χ2n) is 9.46. The van der Waals surface area contributed by atoms with Crippen molar-refractivity contribution in [2.45, 2.75) is 30.5 Å². The highest BCUT2D eigenvalue weighted by Crippen LogP contribution is 2.38. The van der Waals surface area contributed by atoms with E-state index in [-0.39, 0.29) is 29.0 Å². The minimum absolute atomic E-state index is 0.00985. The van der Waals surface area contributed by atoms with E-state index in [2.05, 4.69) is 30.4 Å². The van der Waals surface area contributed by atoms with Gasteiger partial charge in [-0.15, -0.1) is 5.10 Å². The minimum Gasteiger partial charge on any atom is -0.369 e. The number of hydrogen-bond acceptors (Lipinski definition) is 10. The molecule has 2 aliphatic heterocycles. The number of amides is 1. The fraction of sp³-hybridized carbons (Fsp3) is 0.435. The van der Waals surface area contributed by atoms with Gasteiger partial charge < -0.3 is 15.4 Å². The molecule has 3 atom stereocenters. The van der Waals surface area contributed by atoms with Gasteiger partial charge in [-0.2, -0.15) is 9.94 Å². The van der Waals surface area contributed by atoms with Crippen LogP contribution in [0.4, 0.5) is 4.39 Å². The highest BCUT2D eigenvalue weighted by atomic mass is 35.5. The number of fused-ring (bicyclic) bond motifs is 2. The first-order chi connectivity index (χ1) is 17.9. The van der Waals surface area contributed by atoms with Crippen LogP contribution in [-0.2, 0) is 16.0 Å². The first kappa shape index (κ1) is 23.8. The van der Waals surface area contributed by atoms with Crippen LogP contribution in [0.3, 0.4) is 0 Å². The van der Waals surface area contributed by atoms with Crippen molar-refractivity contribution >= 4 is 17.5 Å². The number of nitrogens with two attached hydrogens (primary N) is 1. The van der Waals surface area contributed by atoms with Crippen LogP contribution in [0.2, 0.25) is 5.02 Å². The van der Waals surface area contributed by atoms with Crippen molar-refractivity contribution < 1.29 is 13.9 Å². The lowest BCUT2D eigenvalue weighted by Crippen LogP contribution is -2.72. The lowest BCUT2D eigenvalue weighted by atomic mass is 9.96. The van der Waals surface area contributed by atoms with Crippen molar-refractivity contribution in [3.05, 3.63) is 57.9 Å². The van der Waals surface area contributed by atoms with Gasteiger partial charge in [0, 0.05) is 37.0 Å². The molecule has 190 valence electrons. The average Bonchev–Trinajstić information content (AvgIpc) is 3.58. The number of piperazine rings is 1. The molecule has 0 saturated carbocycles. The van der Waals surface area contributed by atoms with Gasteiger partial charge in [0.05, 0.1) is 35.9 Å². The fourth-order valence-electron chi connectivity index (χ4n) is 5.36. The number of hydrogen-bond donors (Lipinski definition) is 1. The number of nitrogens with zero attached hydrogens (tertiary/aromatic N) is 9. The molecular formula is C23H22ClFN10O2. The van der Waals surface area contributed by atoms with Crippen molar-refractivity contribution in [1.29, 1.82) is 5.26 Å². The van der Waals surface area contributed by atoms with Crippen LogP contribution in [0, 0.1) is 17.1 Å². The number of aryl methyl sites for hydroxylation is 1. The Morgan fingerprint density at radius 1 is 1.32 bits per heavy atom. The number of carbonyl (C=O) groups excluding carboxylic acids is 1. The Morgan fingerprint density at radius 2 is 2.19 bits per heavy atom. The predicted molar refractivity (Wildman–Crippen MR) is 126 cm³/mol. The third-order valence-electron chi connectivity index (χ3n) is 7.33. The Hall–Kier alpha value is -3.57. The molecule has 2 saturated heterocycles. The molecule has 2 aromatic heterocycles. The summed E-state index contributed by atoms with van der Waals surface area (Å²) >= 11 is 6.31. The van der Waals surface area contributed by atoms with E-state index in [0.29, 0.717) is 50.5 Å². The SMILES string of the molecule is N#Cc1c(F)ccc(C2CN3CCN(C(=O)C4CCc5nc(-n6cnnn6)ncc54)CC3(N)CO2)c1Cl. The number of halogens is 2. The molecule has 6 rings (SSSR count). The van der Waals surface area contributed by atoms with E-state index in [0.717, 1.165) is 11.3 Å². The molecule has 37 heavy (non-hydrogen) atoms. The van der Waals surface area contributed by atoms with Gasteiger partial charge in [-0.05, 0) is 29.3 Å². The standard InChI is InChI=1S/C23H22ClFN10O2/c24-20-14(1-3-17(25)15(20)7-26)19-9-34-6-5-33(10-23(34,27)11-37-19)21(36)13-2-4-18-16(13)8-28-22(30-18)35-12-29-31-32-35/h1,3,8,12-13,19H,2,4-6,9-11,27H2. The van der Waals surface area contributed by atoms with Crippen LogP contribution in [-0.4, -0.2) is 84.3 Å². The topological polar surface area (TPSA) is 152 Å². The second kappa shape index (κ2) is 9.07. The lowest BCUT2D eigenvalue weighted by molar-refractivity contribution is -0.158. The second-order valence-corrected chi connectivity index (χ2v) is 9.84. The Bertz CT molecular complexity index is 1410. The van der Waals surface area contributed by atoms with Crippen molar-refractivity contribution in [2.24, 2.45) is 5.73 Å². The molecule has 2 N–H and O–H groups in total. The van der Waals surface area contributed by atoms with Gasteiger partial charge in [0.15, 0.2) is 0 Å². The number of rotatable bonds is 3. The molecule has 2 fully saturated rings. The fourth-order valence-corrected chi connectivity index (χ4v) is 5.68. The van der Waals surface area contributed by atoms with Crippen molar-refractivity contribution in [3.8, 4) is 12.0 Å². The third kappa shape index (κ3) is 4.02. The van der Waals surface area contributed by atoms with E-state index in [4.69, 9.17) is 22.1 Å². The number of benzene rings is 1. The maximum Gasteiger partial charge on any atom is 0.253 e. The molecule has 12 nitrogen and oxygen atoms in total. The van der Waals surface area contributed by atoms with Crippen LogP contribution >= 0.6 is 11.6 Å². The molecule has 0 radical (unpaired) electrons. The molecule has 0 bridgehead atoms. The van der Waals surface area contributed by atoms with Crippen molar-refractivity contribution in [1.82, 2.24) is 40.0 Å². The van der Waals surface area contributed by atoms with Crippen LogP contribution in [0.5, 0.6) is 0 Å². The largest absolute Gasteiger partial charge is 0.369 e. The summed E-state index contributed by atoms with van der Waals surface area (Å²) in [6.45, 7) is 1.90. The normalized spacial score (nSPS) is 25.4. The maximum atomic E-state index is 13.9. The number of tetrazole rings is 1. The van der Waals surface area contributed by atoms with Gasteiger partial charge >= 0.3 is 0 Å². The van der Waals surface area contributed by atoms with E-state index in [1.54, 1.807) is 17.2 Å². The zero-order valence-corrected chi connectivity index (χ0v) is 20.3. The van der Waals surface area contributed by atoms with E-state index in [9.17, 15) is 14.4 Å². The lowest BCUT2D eigenvalue weighted by Gasteiger charge is -2.52. The van der Waals surface area contributed by atoms with Gasteiger partial charge in [-0.1, -0.05) is 17.7 Å². The maximum absolute atomic E-state index is 13.9. The Morgan fingerprint density at radius 3 is 2.97 bits per heavy atom. The molecule has 3 aromatic rings. The molecule has 1 aliphatic carbocycles. The highest BCUT2D eigenvalue weighted by Gasteiger charge is 2.46. The molecule has 0 spiro atoms. The van der Waals surface area contributed by atoms with Gasteiger partial charge in [0.2, 0.25) is 5.91 Å². The van der Waals surface area contributed by atoms with Gasteiger partial charge in [0.25, 0.3) is 5.95 Å². The summed E-state index contributed by atoms with van der Waals surface area (Å²) < 4.78 is 21.4. The molecule has 1 amide bonds. The average molecular weight is 525 g/mol. The molecule has 14 heteroatoms. The predicted octanol–water partition coefficient (Wildman–Crippen LogP) is 0.717. The summed E-state index contributed by atoms with van der Waals surface area (Å²) in [4.78, 5) is 26.3. The van der Waals surface area contributed by atoms with Gasteiger partial charge in [-0.3, -0.25) is 9.69 Å². The van der Waals surface area contributed by atoms with E-state index >= 15 is 0 Å². The van der Waals surface area contributed by atoms with E-state index in [1.165, 1.54) is 23.1 Å². The van der Waals surface area contributed by atoms with Gasteiger partial charge in [-0.25, -0.2) is 14.4 Å². The number of nitriles is 1. The first-order valence-electron chi connectivity index (χ1n) is 11.8. The summed E-state index contributed by atoms with van der Waals surface area (Å²) in [5.74, 6) is -0.654. The third-order valence-corrected chi connectivity index (χ3v) is 7.74. The summed E-state index contributed by atoms with van der Waals surface area (Å²) in [7, 11) is 0. The Balaban J connectivity index is 1.16. The highest BCUT2D eigenvalue weighted by molar-refractivity contribution is 6.32.